The van der Waals surface area contributed by atoms with Gasteiger partial charge in [-0.25, -0.2) is 0 Å². The smallest absolute Gasteiger partial charge is 0.251 e. The van der Waals surface area contributed by atoms with Gasteiger partial charge in [-0.3, -0.25) is 14.7 Å². The number of amides is 1. The van der Waals surface area contributed by atoms with E-state index in [1.54, 1.807) is 11.8 Å². The molecule has 2 aliphatic rings. The number of fused-ring (bicyclic) bond motifs is 1. The van der Waals surface area contributed by atoms with Crippen LogP contribution in [0.2, 0.25) is 0 Å². The molecule has 6 heteroatoms. The van der Waals surface area contributed by atoms with Crippen LogP contribution in [0.3, 0.4) is 0 Å². The average Bonchev–Trinajstić information content (AvgIpc) is 3.65. The highest BCUT2D eigenvalue weighted by molar-refractivity contribution is 7.98. The summed E-state index contributed by atoms with van der Waals surface area (Å²) < 4.78 is 2.54. The van der Waals surface area contributed by atoms with Gasteiger partial charge in [0.25, 0.3) is 5.91 Å². The standard InChI is InChI=1S/C26H32N4OS.C2H6/c1-18-5-3-4-12-29(18)17-23-14-20-13-19(6-11-25(20)30(23)22-8-9-22)26(31)28-15-21-7-10-24(32-2)16-27-21;1-2/h6-7,10-11,13-14,16,18,22H,3-5,8-9,12,15,17H2,1-2H3,(H,28,31);1-2H3/t18-;/m1./s1. The molecule has 0 radical (unpaired) electrons. The lowest BCUT2D eigenvalue weighted by Gasteiger charge is -2.33. The SMILES string of the molecule is CC.CSc1ccc(CNC(=O)c2ccc3c(c2)cc(CN2CCCC[C@H]2C)n3C2CC2)nc1. The Morgan fingerprint density at radius 2 is 1.94 bits per heavy atom. The number of carbonyl (C=O) groups is 1. The topological polar surface area (TPSA) is 50.2 Å². The molecule has 2 aromatic heterocycles. The molecule has 3 heterocycles. The molecule has 1 aromatic carbocycles. The van der Waals surface area contributed by atoms with Crippen LogP contribution in [-0.2, 0) is 13.1 Å². The number of hydrogen-bond acceptors (Lipinski definition) is 4. The Hall–Kier alpha value is -2.31. The molecule has 182 valence electrons. The Morgan fingerprint density at radius 3 is 2.62 bits per heavy atom. The maximum atomic E-state index is 12.8. The summed E-state index contributed by atoms with van der Waals surface area (Å²) in [4.78, 5) is 21.0. The van der Waals surface area contributed by atoms with Crippen molar-refractivity contribution < 1.29 is 4.79 Å². The Balaban J connectivity index is 0.00000133. The van der Waals surface area contributed by atoms with Crippen LogP contribution in [0.15, 0.2) is 47.5 Å². The Morgan fingerprint density at radius 1 is 1.12 bits per heavy atom. The second-order valence-corrected chi connectivity index (χ2v) is 10.1. The number of hydrogen-bond donors (Lipinski definition) is 1. The Kier molecular flexibility index (Phi) is 8.32. The van der Waals surface area contributed by atoms with E-state index in [0.29, 0.717) is 24.2 Å². The van der Waals surface area contributed by atoms with Crippen molar-refractivity contribution in [1.29, 1.82) is 0 Å². The first kappa shape index (κ1) is 24.8. The molecule has 1 N–H and O–H groups in total. The van der Waals surface area contributed by atoms with Crippen LogP contribution >= 0.6 is 11.8 Å². The lowest BCUT2D eigenvalue weighted by atomic mass is 10.0. The number of carbonyl (C=O) groups excluding carboxylic acids is 1. The van der Waals surface area contributed by atoms with Gasteiger partial charge in [0, 0.05) is 51.9 Å². The second kappa shape index (κ2) is 11.4. The van der Waals surface area contributed by atoms with E-state index in [2.05, 4.69) is 44.9 Å². The molecule has 0 unspecified atom stereocenters. The molecular formula is C28H38N4OS. The fourth-order valence-corrected chi connectivity index (χ4v) is 5.19. The number of thioether (sulfide) groups is 1. The van der Waals surface area contributed by atoms with Gasteiger partial charge in [-0.2, -0.15) is 0 Å². The number of nitrogens with one attached hydrogen (secondary N) is 1. The van der Waals surface area contributed by atoms with E-state index in [4.69, 9.17) is 0 Å². The molecule has 1 amide bonds. The number of likely N-dealkylation sites (tertiary alicyclic amines) is 1. The van der Waals surface area contributed by atoms with Gasteiger partial charge in [-0.15, -0.1) is 11.8 Å². The summed E-state index contributed by atoms with van der Waals surface area (Å²) in [5.41, 5.74) is 4.24. The lowest BCUT2D eigenvalue weighted by molar-refractivity contribution is 0.0950. The fourth-order valence-electron chi connectivity index (χ4n) is 4.83. The summed E-state index contributed by atoms with van der Waals surface area (Å²) in [7, 11) is 0. The molecule has 5 nitrogen and oxygen atoms in total. The first-order valence-electron chi connectivity index (χ1n) is 12.8. The summed E-state index contributed by atoms with van der Waals surface area (Å²) in [6.45, 7) is 8.99. The highest BCUT2D eigenvalue weighted by Crippen LogP contribution is 2.40. The van der Waals surface area contributed by atoms with Crippen LogP contribution in [0.4, 0.5) is 0 Å². The normalized spacial score (nSPS) is 18.4. The first-order chi connectivity index (χ1) is 16.6. The minimum absolute atomic E-state index is 0.0481. The summed E-state index contributed by atoms with van der Waals surface area (Å²) in [6.07, 6.45) is 10.3. The van der Waals surface area contributed by atoms with Crippen LogP contribution in [0.25, 0.3) is 10.9 Å². The maximum absolute atomic E-state index is 12.8. The van der Waals surface area contributed by atoms with Crippen LogP contribution in [0.5, 0.6) is 0 Å². The number of rotatable bonds is 7. The molecule has 1 atom stereocenters. The number of piperidine rings is 1. The number of pyridine rings is 1. The van der Waals surface area contributed by atoms with Crippen molar-refractivity contribution in [2.24, 2.45) is 0 Å². The van der Waals surface area contributed by atoms with Gasteiger partial charge >= 0.3 is 0 Å². The largest absolute Gasteiger partial charge is 0.346 e. The predicted octanol–water partition coefficient (Wildman–Crippen LogP) is 6.42. The zero-order valence-electron chi connectivity index (χ0n) is 21.0. The summed E-state index contributed by atoms with van der Waals surface area (Å²) in [5.74, 6) is -0.0481. The first-order valence-corrected chi connectivity index (χ1v) is 14.0. The van der Waals surface area contributed by atoms with Crippen LogP contribution < -0.4 is 5.32 Å². The maximum Gasteiger partial charge on any atom is 0.251 e. The van der Waals surface area contributed by atoms with Crippen molar-refractivity contribution in [3.63, 3.8) is 0 Å². The highest BCUT2D eigenvalue weighted by atomic mass is 32.2. The van der Waals surface area contributed by atoms with Crippen LogP contribution in [-0.4, -0.2) is 39.2 Å². The monoisotopic (exact) mass is 478 g/mol. The van der Waals surface area contributed by atoms with Crippen molar-refractivity contribution in [1.82, 2.24) is 19.8 Å². The van der Waals surface area contributed by atoms with Crippen LogP contribution in [0, 0.1) is 0 Å². The molecule has 1 saturated carbocycles. The zero-order valence-corrected chi connectivity index (χ0v) is 21.8. The second-order valence-electron chi connectivity index (χ2n) is 9.20. The van der Waals surface area contributed by atoms with Gasteiger partial charge < -0.3 is 9.88 Å². The van der Waals surface area contributed by atoms with E-state index in [1.807, 2.05) is 44.5 Å². The Labute approximate surface area is 208 Å². The van der Waals surface area contributed by atoms with Gasteiger partial charge in [0.1, 0.15) is 0 Å². The molecule has 34 heavy (non-hydrogen) atoms. The molecule has 2 fully saturated rings. The Bertz CT molecular complexity index is 1100. The van der Waals surface area contributed by atoms with Gasteiger partial charge in [-0.1, -0.05) is 20.3 Å². The van der Waals surface area contributed by atoms with Gasteiger partial charge in [0.05, 0.1) is 12.2 Å². The molecular weight excluding hydrogens is 440 g/mol. The summed E-state index contributed by atoms with van der Waals surface area (Å²) >= 11 is 1.67. The van der Waals surface area contributed by atoms with Gasteiger partial charge in [0.2, 0.25) is 0 Å². The van der Waals surface area contributed by atoms with Crippen molar-refractivity contribution in [2.75, 3.05) is 12.8 Å². The van der Waals surface area contributed by atoms with Crippen molar-refractivity contribution >= 4 is 28.6 Å². The zero-order chi connectivity index (χ0) is 24.1. The number of nitrogens with zero attached hydrogens (tertiary/aromatic N) is 3. The van der Waals surface area contributed by atoms with E-state index >= 15 is 0 Å². The molecule has 0 bridgehead atoms. The van der Waals surface area contributed by atoms with Crippen LogP contribution in [0.1, 0.15) is 80.7 Å². The predicted molar refractivity (Wildman–Crippen MR) is 142 cm³/mol. The number of benzene rings is 1. The van der Waals surface area contributed by atoms with Crippen molar-refractivity contribution in [2.45, 2.75) is 82.9 Å². The summed E-state index contributed by atoms with van der Waals surface area (Å²) in [5, 5.41) is 4.19. The third-order valence-electron chi connectivity index (χ3n) is 6.86. The van der Waals surface area contributed by atoms with Gasteiger partial charge in [0.15, 0.2) is 0 Å². The minimum Gasteiger partial charge on any atom is -0.346 e. The van der Waals surface area contributed by atoms with E-state index in [0.717, 1.165) is 17.1 Å². The van der Waals surface area contributed by atoms with E-state index in [-0.39, 0.29) is 5.91 Å². The van der Waals surface area contributed by atoms with E-state index in [9.17, 15) is 4.79 Å². The minimum atomic E-state index is -0.0481. The third kappa shape index (κ3) is 5.66. The highest BCUT2D eigenvalue weighted by Gasteiger charge is 2.29. The molecule has 1 aliphatic carbocycles. The van der Waals surface area contributed by atoms with E-state index < -0.39 is 0 Å². The molecule has 5 rings (SSSR count). The van der Waals surface area contributed by atoms with Crippen molar-refractivity contribution in [3.8, 4) is 0 Å². The van der Waals surface area contributed by atoms with Gasteiger partial charge in [-0.05, 0) is 81.8 Å². The van der Waals surface area contributed by atoms with E-state index in [1.165, 1.54) is 55.2 Å². The summed E-state index contributed by atoms with van der Waals surface area (Å²) in [6, 6.07) is 13.7. The third-order valence-corrected chi connectivity index (χ3v) is 7.57. The molecule has 1 saturated heterocycles. The quantitative estimate of drug-likeness (QED) is 0.398. The fraction of sp³-hybridized carbons (Fsp3) is 0.500. The number of aromatic nitrogens is 2. The molecule has 1 aliphatic heterocycles. The average molecular weight is 479 g/mol. The van der Waals surface area contributed by atoms with Crippen molar-refractivity contribution in [3.05, 3.63) is 59.5 Å². The molecule has 3 aromatic rings. The molecule has 0 spiro atoms. The lowest BCUT2D eigenvalue weighted by Crippen LogP contribution is -2.37.